The highest BCUT2D eigenvalue weighted by atomic mass is 14.9. The highest BCUT2D eigenvalue weighted by Gasteiger charge is 1.99. The zero-order valence-electron chi connectivity index (χ0n) is 7.07. The van der Waals surface area contributed by atoms with Crippen LogP contribution in [0.15, 0.2) is 31.1 Å². The van der Waals surface area contributed by atoms with E-state index in [1.54, 1.807) is 18.5 Å². The van der Waals surface area contributed by atoms with Gasteiger partial charge >= 0.3 is 0 Å². The number of hydrogen-bond acceptors (Lipinski definition) is 3. The van der Waals surface area contributed by atoms with Crippen molar-refractivity contribution in [3.05, 3.63) is 36.7 Å². The number of nitrogens with two attached hydrogens (primary N) is 1. The van der Waals surface area contributed by atoms with Crippen LogP contribution < -0.4 is 5.73 Å². The zero-order valence-corrected chi connectivity index (χ0v) is 7.07. The molecule has 0 spiro atoms. The average molecular weight is 171 g/mol. The molecule has 0 atom stereocenters. The third-order valence-electron chi connectivity index (χ3n) is 1.88. The Bertz CT molecular complexity index is 463. The number of fused-ring (bicyclic) bond motifs is 1. The predicted molar refractivity (Wildman–Crippen MR) is 54.0 cm³/mol. The first-order chi connectivity index (χ1) is 6.31. The summed E-state index contributed by atoms with van der Waals surface area (Å²) in [4.78, 5) is 8.15. The summed E-state index contributed by atoms with van der Waals surface area (Å²) in [6.07, 6.45) is 5.16. The first-order valence-electron chi connectivity index (χ1n) is 3.94. The Hall–Kier alpha value is -1.90. The molecule has 3 heteroatoms. The minimum absolute atomic E-state index is 0.466. The summed E-state index contributed by atoms with van der Waals surface area (Å²) in [5, 5.41) is 0.991. The van der Waals surface area contributed by atoms with E-state index in [9.17, 15) is 0 Å². The number of rotatable bonds is 1. The fraction of sp³-hybridized carbons (Fsp3) is 0. The summed E-state index contributed by atoms with van der Waals surface area (Å²) in [5.41, 5.74) is 7.38. The van der Waals surface area contributed by atoms with Crippen LogP contribution in [0.3, 0.4) is 0 Å². The minimum atomic E-state index is 0.466. The third-order valence-corrected chi connectivity index (χ3v) is 1.88. The van der Waals surface area contributed by atoms with E-state index in [1.807, 2.05) is 12.1 Å². The second-order valence-corrected chi connectivity index (χ2v) is 2.74. The minimum Gasteiger partial charge on any atom is -0.382 e. The lowest BCUT2D eigenvalue weighted by Gasteiger charge is -2.00. The van der Waals surface area contributed by atoms with Crippen molar-refractivity contribution in [3.63, 3.8) is 0 Å². The van der Waals surface area contributed by atoms with Crippen LogP contribution in [-0.2, 0) is 0 Å². The third kappa shape index (κ3) is 1.24. The van der Waals surface area contributed by atoms with Crippen molar-refractivity contribution in [2.24, 2.45) is 0 Å². The Morgan fingerprint density at radius 1 is 1.38 bits per heavy atom. The predicted octanol–water partition coefficient (Wildman–Crippen LogP) is 1.85. The number of anilines is 1. The lowest BCUT2D eigenvalue weighted by Crippen LogP contribution is -1.92. The molecule has 2 aromatic heterocycles. The number of aromatic nitrogens is 2. The summed E-state index contributed by atoms with van der Waals surface area (Å²) >= 11 is 0. The van der Waals surface area contributed by atoms with E-state index in [0.717, 1.165) is 16.5 Å². The Morgan fingerprint density at radius 3 is 3.00 bits per heavy atom. The highest BCUT2D eigenvalue weighted by Crippen LogP contribution is 2.17. The lowest BCUT2D eigenvalue weighted by molar-refractivity contribution is 1.31. The quantitative estimate of drug-likeness (QED) is 0.712. The van der Waals surface area contributed by atoms with E-state index in [2.05, 4.69) is 16.5 Å². The Morgan fingerprint density at radius 2 is 2.23 bits per heavy atom. The van der Waals surface area contributed by atoms with Gasteiger partial charge in [0, 0.05) is 17.8 Å². The van der Waals surface area contributed by atoms with Gasteiger partial charge in [-0.3, -0.25) is 4.98 Å². The smallest absolute Gasteiger partial charge is 0.149 e. The molecule has 64 valence electrons. The molecule has 2 aromatic rings. The van der Waals surface area contributed by atoms with Crippen LogP contribution in [0.25, 0.3) is 17.0 Å². The van der Waals surface area contributed by atoms with Crippen molar-refractivity contribution in [3.8, 4) is 0 Å². The molecule has 2 rings (SSSR count). The fourth-order valence-corrected chi connectivity index (χ4v) is 1.21. The van der Waals surface area contributed by atoms with Crippen LogP contribution in [0.1, 0.15) is 5.56 Å². The maximum atomic E-state index is 5.65. The van der Waals surface area contributed by atoms with Crippen LogP contribution in [0.5, 0.6) is 0 Å². The van der Waals surface area contributed by atoms with E-state index in [0.29, 0.717) is 5.82 Å². The summed E-state index contributed by atoms with van der Waals surface area (Å²) < 4.78 is 0. The molecule has 0 bridgehead atoms. The summed E-state index contributed by atoms with van der Waals surface area (Å²) in [6.45, 7) is 3.67. The van der Waals surface area contributed by atoms with E-state index in [1.165, 1.54) is 0 Å². The average Bonchev–Trinajstić information content (AvgIpc) is 2.18. The molecular formula is C10H9N3. The van der Waals surface area contributed by atoms with Crippen molar-refractivity contribution < 1.29 is 0 Å². The molecule has 0 aliphatic heterocycles. The van der Waals surface area contributed by atoms with E-state index >= 15 is 0 Å². The normalized spacial score (nSPS) is 10.2. The van der Waals surface area contributed by atoms with Crippen molar-refractivity contribution in [2.75, 3.05) is 5.73 Å². The molecular weight excluding hydrogens is 162 g/mol. The first-order valence-corrected chi connectivity index (χ1v) is 3.94. The summed E-state index contributed by atoms with van der Waals surface area (Å²) in [5.74, 6) is 0.466. The number of hydrogen-bond donors (Lipinski definition) is 1. The van der Waals surface area contributed by atoms with Crippen LogP contribution >= 0.6 is 0 Å². The molecule has 0 unspecified atom stereocenters. The van der Waals surface area contributed by atoms with Gasteiger partial charge in [0.15, 0.2) is 0 Å². The van der Waals surface area contributed by atoms with Crippen molar-refractivity contribution >= 4 is 22.8 Å². The number of nitrogen functional groups attached to an aromatic ring is 1. The van der Waals surface area contributed by atoms with Gasteiger partial charge in [-0.25, -0.2) is 4.98 Å². The molecule has 2 heterocycles. The Labute approximate surface area is 75.9 Å². The van der Waals surface area contributed by atoms with Crippen LogP contribution in [0, 0.1) is 0 Å². The molecule has 0 saturated carbocycles. The molecule has 2 N–H and O–H groups in total. The molecule has 13 heavy (non-hydrogen) atoms. The second-order valence-electron chi connectivity index (χ2n) is 2.74. The molecule has 0 aliphatic carbocycles. The monoisotopic (exact) mass is 171 g/mol. The van der Waals surface area contributed by atoms with E-state index in [-0.39, 0.29) is 0 Å². The van der Waals surface area contributed by atoms with E-state index in [4.69, 9.17) is 5.73 Å². The molecule has 0 radical (unpaired) electrons. The van der Waals surface area contributed by atoms with Gasteiger partial charge in [0.1, 0.15) is 11.3 Å². The van der Waals surface area contributed by atoms with Crippen LogP contribution in [0.2, 0.25) is 0 Å². The van der Waals surface area contributed by atoms with Crippen molar-refractivity contribution in [1.29, 1.82) is 0 Å². The first kappa shape index (κ1) is 7.73. The molecule has 0 fully saturated rings. The SMILES string of the molecule is C=Cc1cnc2c(N)nccc2c1. The van der Waals surface area contributed by atoms with E-state index < -0.39 is 0 Å². The maximum absolute atomic E-state index is 5.65. The van der Waals surface area contributed by atoms with Crippen molar-refractivity contribution in [1.82, 2.24) is 9.97 Å². The Kier molecular flexibility index (Phi) is 1.70. The summed E-state index contributed by atoms with van der Waals surface area (Å²) in [7, 11) is 0. The van der Waals surface area contributed by atoms with Gasteiger partial charge in [-0.05, 0) is 17.7 Å². The molecule has 0 amide bonds. The zero-order chi connectivity index (χ0) is 9.26. The Balaban J connectivity index is 2.79. The van der Waals surface area contributed by atoms with Gasteiger partial charge in [-0.15, -0.1) is 0 Å². The lowest BCUT2D eigenvalue weighted by atomic mass is 10.2. The maximum Gasteiger partial charge on any atom is 0.149 e. The van der Waals surface area contributed by atoms with Gasteiger partial charge in [-0.2, -0.15) is 0 Å². The van der Waals surface area contributed by atoms with Gasteiger partial charge in [0.2, 0.25) is 0 Å². The highest BCUT2D eigenvalue weighted by molar-refractivity contribution is 5.87. The van der Waals surface area contributed by atoms with Gasteiger partial charge in [-0.1, -0.05) is 12.7 Å². The van der Waals surface area contributed by atoms with Crippen LogP contribution in [0.4, 0.5) is 5.82 Å². The number of pyridine rings is 2. The molecule has 0 aliphatic rings. The molecule has 0 aromatic carbocycles. The van der Waals surface area contributed by atoms with Gasteiger partial charge < -0.3 is 5.73 Å². The largest absolute Gasteiger partial charge is 0.382 e. The molecule has 3 nitrogen and oxygen atoms in total. The topological polar surface area (TPSA) is 51.8 Å². The van der Waals surface area contributed by atoms with Gasteiger partial charge in [0.25, 0.3) is 0 Å². The van der Waals surface area contributed by atoms with Gasteiger partial charge in [0.05, 0.1) is 0 Å². The summed E-state index contributed by atoms with van der Waals surface area (Å²) in [6, 6.07) is 3.86. The standard InChI is InChI=1S/C10H9N3/c1-2-7-5-8-3-4-12-10(11)9(8)13-6-7/h2-6H,1H2,(H2,11,12). The number of nitrogens with zero attached hydrogens (tertiary/aromatic N) is 2. The van der Waals surface area contributed by atoms with Crippen LogP contribution in [-0.4, -0.2) is 9.97 Å². The second kappa shape index (κ2) is 2.86. The van der Waals surface area contributed by atoms with Crippen molar-refractivity contribution in [2.45, 2.75) is 0 Å². The molecule has 0 saturated heterocycles. The fourth-order valence-electron chi connectivity index (χ4n) is 1.21.